The van der Waals surface area contributed by atoms with E-state index in [1.165, 1.54) is 32.1 Å². The van der Waals surface area contributed by atoms with E-state index in [4.69, 9.17) is 15.0 Å². The van der Waals surface area contributed by atoms with Gasteiger partial charge in [-0.05, 0) is 90.4 Å². The van der Waals surface area contributed by atoms with Crippen LogP contribution < -0.4 is 0 Å². The summed E-state index contributed by atoms with van der Waals surface area (Å²) >= 11 is 0. The van der Waals surface area contributed by atoms with Gasteiger partial charge >= 0.3 is 5.97 Å². The Hall–Kier alpha value is -1.70. The fourth-order valence-corrected chi connectivity index (χ4v) is 6.44. The maximum atomic E-state index is 13.1. The third-order valence-electron chi connectivity index (χ3n) is 9.33. The zero-order valence-corrected chi connectivity index (χ0v) is 24.5. The van der Waals surface area contributed by atoms with Gasteiger partial charge in [0.25, 0.3) is 0 Å². The van der Waals surface area contributed by atoms with Crippen molar-refractivity contribution in [3.63, 3.8) is 0 Å². The maximum absolute atomic E-state index is 13.1. The number of ether oxygens (including phenoxy) is 1. The van der Waals surface area contributed by atoms with E-state index < -0.39 is 17.4 Å². The second kappa shape index (κ2) is 14.1. The number of rotatable bonds is 11. The first kappa shape index (κ1) is 30.8. The van der Waals surface area contributed by atoms with Crippen LogP contribution in [0.5, 0.6) is 0 Å². The molecule has 0 aromatic rings. The van der Waals surface area contributed by atoms with Crippen molar-refractivity contribution in [2.45, 2.75) is 155 Å². The van der Waals surface area contributed by atoms with Crippen LogP contribution in [-0.4, -0.2) is 53.7 Å². The number of hydrogen-bond acceptors (Lipinski definition) is 8. The number of Topliss-reactive ketones (excluding diaryl/α,β-unsaturated/α-hetero) is 1. The van der Waals surface area contributed by atoms with Crippen molar-refractivity contribution in [3.8, 4) is 0 Å². The molecule has 0 aliphatic heterocycles. The van der Waals surface area contributed by atoms with Crippen molar-refractivity contribution in [1.82, 2.24) is 0 Å². The fraction of sp³-hybridized carbons (Fsp3) is 0.933. The van der Waals surface area contributed by atoms with Gasteiger partial charge in [0.05, 0.1) is 29.6 Å². The van der Waals surface area contributed by atoms with Crippen molar-refractivity contribution >= 4 is 11.8 Å². The molecule has 216 valence electrons. The molecule has 3 rings (SSSR count). The summed E-state index contributed by atoms with van der Waals surface area (Å²) in [7, 11) is 0. The Kier molecular flexibility index (Phi) is 11.4. The highest BCUT2D eigenvalue weighted by Crippen LogP contribution is 2.39. The summed E-state index contributed by atoms with van der Waals surface area (Å²) in [5.74, 6) is -0.283. The molecule has 4 atom stereocenters. The molecule has 4 unspecified atom stereocenters. The molecule has 3 fully saturated rings. The van der Waals surface area contributed by atoms with Crippen molar-refractivity contribution < 1.29 is 19.4 Å². The summed E-state index contributed by atoms with van der Waals surface area (Å²) in [4.78, 5) is 25.4. The molecular weight excluding hydrogens is 480 g/mol. The van der Waals surface area contributed by atoms with E-state index >= 15 is 0 Å². The van der Waals surface area contributed by atoms with Crippen LogP contribution in [0.25, 0.3) is 0 Å². The molecule has 0 heterocycles. The number of carbonyl (C=O) groups excluding carboxylic acids is 2. The van der Waals surface area contributed by atoms with Gasteiger partial charge in [0, 0.05) is 5.41 Å². The molecule has 38 heavy (non-hydrogen) atoms. The number of esters is 1. The van der Waals surface area contributed by atoms with E-state index in [0.717, 1.165) is 44.9 Å². The van der Waals surface area contributed by atoms with Gasteiger partial charge in [0.1, 0.15) is 12.7 Å². The highest BCUT2D eigenvalue weighted by molar-refractivity contribution is 5.86. The van der Waals surface area contributed by atoms with Crippen LogP contribution in [0.4, 0.5) is 0 Å². The molecule has 3 aliphatic carbocycles. The average Bonchev–Trinajstić information content (AvgIpc) is 2.92. The number of aliphatic hydroxyl groups excluding tert-OH is 1. The van der Waals surface area contributed by atoms with Gasteiger partial charge in [-0.3, -0.25) is 9.59 Å². The first-order valence-corrected chi connectivity index (χ1v) is 15.2. The highest BCUT2D eigenvalue weighted by Gasteiger charge is 2.43. The van der Waals surface area contributed by atoms with Gasteiger partial charge in [0.2, 0.25) is 0 Å². The first-order chi connectivity index (χ1) is 18.1. The van der Waals surface area contributed by atoms with E-state index in [9.17, 15) is 14.7 Å². The largest absolute Gasteiger partial charge is 0.462 e. The zero-order chi connectivity index (χ0) is 27.8. The van der Waals surface area contributed by atoms with Gasteiger partial charge in [-0.25, -0.2) is 0 Å². The van der Waals surface area contributed by atoms with Crippen molar-refractivity contribution in [3.05, 3.63) is 0 Å². The summed E-state index contributed by atoms with van der Waals surface area (Å²) < 4.78 is 5.99. The van der Waals surface area contributed by atoms with Crippen LogP contribution in [0.3, 0.4) is 0 Å². The summed E-state index contributed by atoms with van der Waals surface area (Å²) in [6, 6.07) is 1.28. The Balaban J connectivity index is 1.41. The van der Waals surface area contributed by atoms with Crippen LogP contribution in [0.2, 0.25) is 0 Å². The predicted octanol–water partition coefficient (Wildman–Crippen LogP) is 7.03. The summed E-state index contributed by atoms with van der Waals surface area (Å²) in [5, 5.41) is 28.1. The first-order valence-electron chi connectivity index (χ1n) is 15.2. The molecule has 0 aromatic carbocycles. The normalized spacial score (nSPS) is 31.4. The van der Waals surface area contributed by atoms with Gasteiger partial charge in [-0.2, -0.15) is 20.5 Å². The van der Waals surface area contributed by atoms with Gasteiger partial charge in [-0.1, -0.05) is 40.0 Å². The molecule has 8 nitrogen and oxygen atoms in total. The van der Waals surface area contributed by atoms with E-state index in [1.54, 1.807) is 0 Å². The lowest BCUT2D eigenvalue weighted by Crippen LogP contribution is -2.41. The van der Waals surface area contributed by atoms with Gasteiger partial charge in [-0.15, -0.1) is 0 Å². The molecule has 0 saturated heterocycles. The van der Waals surface area contributed by atoms with Crippen LogP contribution in [0.1, 0.15) is 125 Å². The SMILES string of the molecule is CCC(C)(CC(C)(C)C(=O)OC1CCC(N=NC2CCC(N=NC3CCCCC3)CC2)CC1C)C(=O)CO. The minimum Gasteiger partial charge on any atom is -0.462 e. The Morgan fingerprint density at radius 1 is 0.789 bits per heavy atom. The minimum atomic E-state index is -0.805. The second-order valence-electron chi connectivity index (χ2n) is 13.2. The number of aliphatic hydroxyl groups is 1. The number of nitrogens with zero attached hydrogens (tertiary/aromatic N) is 4. The Morgan fingerprint density at radius 3 is 1.79 bits per heavy atom. The molecule has 0 radical (unpaired) electrons. The lowest BCUT2D eigenvalue weighted by Gasteiger charge is -2.37. The van der Waals surface area contributed by atoms with Crippen LogP contribution >= 0.6 is 0 Å². The van der Waals surface area contributed by atoms with Crippen molar-refractivity contribution in [2.75, 3.05) is 6.61 Å². The lowest BCUT2D eigenvalue weighted by atomic mass is 9.70. The lowest BCUT2D eigenvalue weighted by molar-refractivity contribution is -0.166. The van der Waals surface area contributed by atoms with Gasteiger partial charge < -0.3 is 9.84 Å². The standard InChI is InChI=1S/C30H52N4O4/c1-6-30(5,27(36)19-35)20-29(3,4)28(37)38-26-17-16-25(18-21(26)2)34-33-24-14-12-23(13-15-24)32-31-22-10-8-7-9-11-22/h21-26,35H,6-20H2,1-5H3. The Morgan fingerprint density at radius 2 is 1.29 bits per heavy atom. The van der Waals surface area contributed by atoms with E-state index in [2.05, 4.69) is 17.2 Å². The fourth-order valence-electron chi connectivity index (χ4n) is 6.44. The summed E-state index contributed by atoms with van der Waals surface area (Å²) in [6.07, 6.45) is 13.8. The number of ketones is 1. The number of azo groups is 2. The van der Waals surface area contributed by atoms with Gasteiger partial charge in [0.15, 0.2) is 5.78 Å². The monoisotopic (exact) mass is 532 g/mol. The average molecular weight is 533 g/mol. The topological polar surface area (TPSA) is 113 Å². The van der Waals surface area contributed by atoms with E-state index in [1.807, 2.05) is 27.7 Å². The smallest absolute Gasteiger partial charge is 0.311 e. The molecule has 1 N–H and O–H groups in total. The zero-order valence-electron chi connectivity index (χ0n) is 24.5. The number of hydrogen-bond donors (Lipinski definition) is 1. The molecule has 0 spiro atoms. The van der Waals surface area contributed by atoms with Crippen molar-refractivity contribution in [1.29, 1.82) is 0 Å². The number of carbonyl (C=O) groups is 2. The Labute approximate surface area is 229 Å². The maximum Gasteiger partial charge on any atom is 0.311 e. The molecule has 0 aromatic heterocycles. The second-order valence-corrected chi connectivity index (χ2v) is 13.2. The molecule has 8 heteroatoms. The van der Waals surface area contributed by atoms with Crippen LogP contribution in [0, 0.1) is 16.7 Å². The Bertz CT molecular complexity index is 830. The molecule has 0 amide bonds. The highest BCUT2D eigenvalue weighted by atomic mass is 16.5. The van der Waals surface area contributed by atoms with Crippen molar-refractivity contribution in [2.24, 2.45) is 37.2 Å². The molecule has 0 bridgehead atoms. The minimum absolute atomic E-state index is 0.139. The van der Waals surface area contributed by atoms with Crippen LogP contribution in [0.15, 0.2) is 20.5 Å². The molecule has 3 saturated carbocycles. The molecular formula is C30H52N4O4. The van der Waals surface area contributed by atoms with E-state index in [0.29, 0.717) is 24.9 Å². The summed E-state index contributed by atoms with van der Waals surface area (Å²) in [6.45, 7) is 9.04. The predicted molar refractivity (Wildman–Crippen MR) is 148 cm³/mol. The third-order valence-corrected chi connectivity index (χ3v) is 9.33. The van der Waals surface area contributed by atoms with E-state index in [-0.39, 0.29) is 35.9 Å². The molecule has 3 aliphatic rings. The quantitative estimate of drug-likeness (QED) is 0.227. The van der Waals surface area contributed by atoms with Crippen LogP contribution in [-0.2, 0) is 14.3 Å². The summed E-state index contributed by atoms with van der Waals surface area (Å²) in [5.41, 5.74) is -1.54. The third kappa shape index (κ3) is 8.65.